The molecule has 1 saturated heterocycles. The van der Waals surface area contributed by atoms with Crippen molar-refractivity contribution in [2.75, 3.05) is 11.4 Å². The fraction of sp³-hybridized carbons (Fsp3) is 0.211. The molecule has 1 aliphatic heterocycles. The van der Waals surface area contributed by atoms with Crippen molar-refractivity contribution >= 4 is 23.2 Å². The van der Waals surface area contributed by atoms with Crippen LogP contribution in [0, 0.1) is 6.92 Å². The van der Waals surface area contributed by atoms with E-state index < -0.39 is 0 Å². The zero-order valence-electron chi connectivity index (χ0n) is 13.6. The van der Waals surface area contributed by atoms with Gasteiger partial charge in [-0.15, -0.1) is 0 Å². The first-order valence-electron chi connectivity index (χ1n) is 8.07. The number of halogens is 1. The van der Waals surface area contributed by atoms with E-state index in [-0.39, 0.29) is 11.8 Å². The van der Waals surface area contributed by atoms with Gasteiger partial charge in [0.1, 0.15) is 0 Å². The molecule has 1 aliphatic rings. The van der Waals surface area contributed by atoms with Gasteiger partial charge in [0.2, 0.25) is 5.91 Å². The number of anilines is 1. The first kappa shape index (κ1) is 15.8. The van der Waals surface area contributed by atoms with Gasteiger partial charge in [-0.3, -0.25) is 4.79 Å². The number of benzene rings is 2. The molecule has 1 aromatic heterocycles. The normalized spacial score (nSPS) is 17.3. The molecule has 1 amide bonds. The van der Waals surface area contributed by atoms with Gasteiger partial charge < -0.3 is 9.42 Å². The standard InChI is InChI=1S/C19H16ClN3O2/c1-12-4-2-3-5-16(12)19-21-18(22-25-19)13-10-17(24)23(11-13)15-8-6-14(20)7-9-15/h2-9,13H,10-11H2,1H3. The molecule has 5 nitrogen and oxygen atoms in total. The number of hydrogen-bond acceptors (Lipinski definition) is 4. The molecule has 0 aliphatic carbocycles. The number of carbonyl (C=O) groups is 1. The molecule has 1 atom stereocenters. The number of rotatable bonds is 3. The molecule has 1 unspecified atom stereocenters. The number of carbonyl (C=O) groups excluding carboxylic acids is 1. The third-order valence-electron chi connectivity index (χ3n) is 4.45. The number of aryl methyl sites for hydroxylation is 1. The van der Waals surface area contributed by atoms with Gasteiger partial charge >= 0.3 is 0 Å². The van der Waals surface area contributed by atoms with E-state index in [4.69, 9.17) is 16.1 Å². The molecule has 0 saturated carbocycles. The van der Waals surface area contributed by atoms with Crippen molar-refractivity contribution in [3.63, 3.8) is 0 Å². The molecule has 2 heterocycles. The van der Waals surface area contributed by atoms with Gasteiger partial charge in [-0.1, -0.05) is 35.0 Å². The molecule has 0 radical (unpaired) electrons. The second kappa shape index (κ2) is 6.33. The Bertz CT molecular complexity index is 920. The van der Waals surface area contributed by atoms with Gasteiger partial charge in [0, 0.05) is 35.2 Å². The third kappa shape index (κ3) is 3.03. The highest BCUT2D eigenvalue weighted by Crippen LogP contribution is 2.32. The lowest BCUT2D eigenvalue weighted by molar-refractivity contribution is -0.117. The number of hydrogen-bond donors (Lipinski definition) is 0. The van der Waals surface area contributed by atoms with Gasteiger partial charge in [0.15, 0.2) is 5.82 Å². The summed E-state index contributed by atoms with van der Waals surface area (Å²) >= 11 is 5.92. The Morgan fingerprint density at radius 1 is 1.16 bits per heavy atom. The van der Waals surface area contributed by atoms with Crippen molar-refractivity contribution in [1.82, 2.24) is 10.1 Å². The van der Waals surface area contributed by atoms with Crippen molar-refractivity contribution in [2.45, 2.75) is 19.3 Å². The topological polar surface area (TPSA) is 59.2 Å². The SMILES string of the molecule is Cc1ccccc1-c1nc(C2CC(=O)N(c3ccc(Cl)cc3)C2)no1. The Labute approximate surface area is 150 Å². The summed E-state index contributed by atoms with van der Waals surface area (Å²) in [6.45, 7) is 2.54. The molecule has 2 aromatic carbocycles. The van der Waals surface area contributed by atoms with Crippen LogP contribution < -0.4 is 4.90 Å². The molecule has 6 heteroatoms. The van der Waals surface area contributed by atoms with Crippen molar-refractivity contribution < 1.29 is 9.32 Å². The first-order valence-corrected chi connectivity index (χ1v) is 8.45. The molecule has 126 valence electrons. The van der Waals surface area contributed by atoms with E-state index in [1.165, 1.54) is 0 Å². The van der Waals surface area contributed by atoms with Crippen LogP contribution in [0.15, 0.2) is 53.1 Å². The minimum absolute atomic E-state index is 0.0505. The van der Waals surface area contributed by atoms with E-state index in [9.17, 15) is 4.79 Å². The molecule has 25 heavy (non-hydrogen) atoms. The molecular weight excluding hydrogens is 338 g/mol. The Morgan fingerprint density at radius 3 is 2.68 bits per heavy atom. The maximum Gasteiger partial charge on any atom is 0.258 e. The predicted octanol–water partition coefficient (Wildman–Crippen LogP) is 4.22. The van der Waals surface area contributed by atoms with Crippen LogP contribution in [0.5, 0.6) is 0 Å². The van der Waals surface area contributed by atoms with Gasteiger partial charge in [-0.05, 0) is 42.8 Å². The average molecular weight is 354 g/mol. The van der Waals surface area contributed by atoms with E-state index in [0.717, 1.165) is 16.8 Å². The quantitative estimate of drug-likeness (QED) is 0.707. The molecule has 3 aromatic rings. The Balaban J connectivity index is 1.57. The fourth-order valence-corrected chi connectivity index (χ4v) is 3.20. The van der Waals surface area contributed by atoms with Gasteiger partial charge in [-0.25, -0.2) is 0 Å². The van der Waals surface area contributed by atoms with Crippen molar-refractivity contribution in [3.8, 4) is 11.5 Å². The minimum Gasteiger partial charge on any atom is -0.334 e. The highest BCUT2D eigenvalue weighted by molar-refractivity contribution is 6.30. The van der Waals surface area contributed by atoms with Crippen LogP contribution >= 0.6 is 11.6 Å². The number of amides is 1. The highest BCUT2D eigenvalue weighted by Gasteiger charge is 2.34. The smallest absolute Gasteiger partial charge is 0.258 e. The Morgan fingerprint density at radius 2 is 1.92 bits per heavy atom. The van der Waals surface area contributed by atoms with E-state index in [2.05, 4.69) is 10.1 Å². The summed E-state index contributed by atoms with van der Waals surface area (Å²) in [7, 11) is 0. The Hall–Kier alpha value is -2.66. The Kier molecular flexibility index (Phi) is 4.01. The summed E-state index contributed by atoms with van der Waals surface area (Å²) in [6, 6.07) is 15.1. The van der Waals surface area contributed by atoms with E-state index in [1.807, 2.05) is 43.3 Å². The molecule has 4 rings (SSSR count). The largest absolute Gasteiger partial charge is 0.334 e. The van der Waals surface area contributed by atoms with Crippen LogP contribution in [0.2, 0.25) is 5.02 Å². The fourth-order valence-electron chi connectivity index (χ4n) is 3.07. The van der Waals surface area contributed by atoms with Gasteiger partial charge in [0.05, 0.1) is 0 Å². The molecule has 0 N–H and O–H groups in total. The van der Waals surface area contributed by atoms with Crippen molar-refractivity contribution in [2.24, 2.45) is 0 Å². The van der Waals surface area contributed by atoms with Crippen molar-refractivity contribution in [3.05, 3.63) is 64.9 Å². The average Bonchev–Trinajstić information content (AvgIpc) is 3.23. The summed E-state index contributed by atoms with van der Waals surface area (Å²) in [6.07, 6.45) is 0.370. The summed E-state index contributed by atoms with van der Waals surface area (Å²) < 4.78 is 5.43. The van der Waals surface area contributed by atoms with Crippen LogP contribution in [0.25, 0.3) is 11.5 Å². The van der Waals surface area contributed by atoms with E-state index in [0.29, 0.717) is 29.7 Å². The van der Waals surface area contributed by atoms with Gasteiger partial charge in [-0.2, -0.15) is 4.98 Å². The van der Waals surface area contributed by atoms with E-state index in [1.54, 1.807) is 17.0 Å². The summed E-state index contributed by atoms with van der Waals surface area (Å²) in [5.74, 6) is 1.04. The zero-order valence-corrected chi connectivity index (χ0v) is 14.4. The predicted molar refractivity (Wildman–Crippen MR) is 95.6 cm³/mol. The second-order valence-corrected chi connectivity index (χ2v) is 6.59. The number of nitrogens with zero attached hydrogens (tertiary/aromatic N) is 3. The molecular formula is C19H16ClN3O2. The molecule has 0 bridgehead atoms. The summed E-state index contributed by atoms with van der Waals surface area (Å²) in [4.78, 5) is 18.6. The van der Waals surface area contributed by atoms with Crippen LogP contribution in [0.1, 0.15) is 23.7 Å². The molecule has 1 fully saturated rings. The van der Waals surface area contributed by atoms with Crippen LogP contribution in [0.4, 0.5) is 5.69 Å². The van der Waals surface area contributed by atoms with Crippen LogP contribution in [-0.4, -0.2) is 22.6 Å². The lowest BCUT2D eigenvalue weighted by Crippen LogP contribution is -2.24. The summed E-state index contributed by atoms with van der Waals surface area (Å²) in [5.41, 5.74) is 2.82. The van der Waals surface area contributed by atoms with Gasteiger partial charge in [0.25, 0.3) is 5.89 Å². The van der Waals surface area contributed by atoms with Crippen molar-refractivity contribution in [1.29, 1.82) is 0 Å². The zero-order chi connectivity index (χ0) is 17.4. The van der Waals surface area contributed by atoms with E-state index >= 15 is 0 Å². The lowest BCUT2D eigenvalue weighted by Gasteiger charge is -2.16. The number of aromatic nitrogens is 2. The second-order valence-electron chi connectivity index (χ2n) is 6.15. The summed E-state index contributed by atoms with van der Waals surface area (Å²) in [5, 5.41) is 4.75. The maximum atomic E-state index is 12.4. The third-order valence-corrected chi connectivity index (χ3v) is 4.70. The highest BCUT2D eigenvalue weighted by atomic mass is 35.5. The minimum atomic E-state index is -0.0790. The lowest BCUT2D eigenvalue weighted by atomic mass is 10.1. The van der Waals surface area contributed by atoms with Crippen LogP contribution in [0.3, 0.4) is 0 Å². The maximum absolute atomic E-state index is 12.4. The first-order chi connectivity index (χ1) is 12.1. The van der Waals surface area contributed by atoms with Crippen LogP contribution in [-0.2, 0) is 4.79 Å². The molecule has 0 spiro atoms. The monoisotopic (exact) mass is 353 g/mol.